The molecular weight excluding hydrogens is 354 g/mol. The van der Waals surface area contributed by atoms with Crippen LogP contribution in [0.15, 0.2) is 48.7 Å². The second-order valence-corrected chi connectivity index (χ2v) is 6.98. The maximum atomic E-state index is 13.1. The molecule has 0 saturated carbocycles. The van der Waals surface area contributed by atoms with Gasteiger partial charge in [0.15, 0.2) is 0 Å². The number of methoxy groups -OCH3 is 1. The molecule has 0 aliphatic carbocycles. The Kier molecular flexibility index (Phi) is 6.63. The van der Waals surface area contributed by atoms with Gasteiger partial charge in [0.05, 0.1) is 19.1 Å². The molecule has 2 unspecified atom stereocenters. The third-order valence-electron chi connectivity index (χ3n) is 5.17. The van der Waals surface area contributed by atoms with E-state index in [-0.39, 0.29) is 23.8 Å². The number of carbonyl (C=O) groups is 2. The molecule has 2 atom stereocenters. The second kappa shape index (κ2) is 9.35. The molecule has 2 amide bonds. The molecule has 28 heavy (non-hydrogen) atoms. The lowest BCUT2D eigenvalue weighted by Gasteiger charge is -2.41. The zero-order chi connectivity index (χ0) is 19.9. The molecule has 0 radical (unpaired) electrons. The molecule has 1 aliphatic rings. The first-order valence-electron chi connectivity index (χ1n) is 9.80. The van der Waals surface area contributed by atoms with Crippen molar-refractivity contribution in [3.05, 3.63) is 54.2 Å². The van der Waals surface area contributed by atoms with Gasteiger partial charge in [0.1, 0.15) is 11.6 Å². The van der Waals surface area contributed by atoms with Crippen molar-refractivity contribution in [2.45, 2.75) is 38.6 Å². The standard InChI is InChI=1S/C22H27N3O3/c1-3-4-15-25-20(26)13-12-17(22(27)24-19-11-7-8-14-23-19)21(25)16-9-5-6-10-18(16)28-2/h5-11,14,17,21H,3-4,12-13,15H2,1-2H3,(H,23,24,27). The van der Waals surface area contributed by atoms with E-state index in [0.717, 1.165) is 18.4 Å². The normalized spacial score (nSPS) is 19.4. The number of pyridine rings is 1. The van der Waals surface area contributed by atoms with E-state index >= 15 is 0 Å². The summed E-state index contributed by atoms with van der Waals surface area (Å²) >= 11 is 0. The first-order chi connectivity index (χ1) is 13.7. The minimum Gasteiger partial charge on any atom is -0.496 e. The van der Waals surface area contributed by atoms with E-state index in [9.17, 15) is 9.59 Å². The summed E-state index contributed by atoms with van der Waals surface area (Å²) in [5, 5.41) is 2.91. The number of piperidine rings is 1. The molecule has 1 aromatic heterocycles. The number of hydrogen-bond acceptors (Lipinski definition) is 4. The average molecular weight is 381 g/mol. The Balaban J connectivity index is 1.96. The van der Waals surface area contributed by atoms with Gasteiger partial charge >= 0.3 is 0 Å². The Labute approximate surface area is 165 Å². The number of rotatable bonds is 7. The minimum absolute atomic E-state index is 0.0891. The van der Waals surface area contributed by atoms with E-state index in [1.54, 1.807) is 25.4 Å². The van der Waals surface area contributed by atoms with Crippen LogP contribution in [0, 0.1) is 5.92 Å². The van der Waals surface area contributed by atoms with Gasteiger partial charge in [-0.3, -0.25) is 9.59 Å². The number of ether oxygens (including phenoxy) is 1. The third kappa shape index (κ3) is 4.32. The summed E-state index contributed by atoms with van der Waals surface area (Å²) in [6.07, 6.45) is 4.39. The number of anilines is 1. The molecule has 1 N–H and O–H groups in total. The lowest BCUT2D eigenvalue weighted by Crippen LogP contribution is -2.47. The fraction of sp³-hybridized carbons (Fsp3) is 0.409. The van der Waals surface area contributed by atoms with Crippen LogP contribution < -0.4 is 10.1 Å². The number of likely N-dealkylation sites (tertiary alicyclic amines) is 1. The summed E-state index contributed by atoms with van der Waals surface area (Å²) in [6.45, 7) is 2.73. The molecule has 3 rings (SSSR count). The highest BCUT2D eigenvalue weighted by molar-refractivity contribution is 5.94. The molecule has 1 aromatic carbocycles. The summed E-state index contributed by atoms with van der Waals surface area (Å²) in [7, 11) is 1.61. The zero-order valence-corrected chi connectivity index (χ0v) is 16.4. The predicted octanol–water partition coefficient (Wildman–Crippen LogP) is 3.81. The van der Waals surface area contributed by atoms with Crippen LogP contribution >= 0.6 is 0 Å². The Morgan fingerprint density at radius 3 is 2.75 bits per heavy atom. The van der Waals surface area contributed by atoms with Gasteiger partial charge in [-0.2, -0.15) is 0 Å². The summed E-state index contributed by atoms with van der Waals surface area (Å²) in [5.74, 6) is 0.810. The van der Waals surface area contributed by atoms with Gasteiger partial charge in [-0.15, -0.1) is 0 Å². The van der Waals surface area contributed by atoms with Crippen LogP contribution in [0.3, 0.4) is 0 Å². The van der Waals surface area contributed by atoms with Crippen LogP contribution in [0.4, 0.5) is 5.82 Å². The Bertz CT molecular complexity index is 810. The number of carbonyl (C=O) groups excluding carboxylic acids is 2. The zero-order valence-electron chi connectivity index (χ0n) is 16.4. The van der Waals surface area contributed by atoms with Crippen molar-refractivity contribution in [3.63, 3.8) is 0 Å². The largest absolute Gasteiger partial charge is 0.496 e. The van der Waals surface area contributed by atoms with E-state index in [2.05, 4.69) is 17.2 Å². The molecule has 1 fully saturated rings. The van der Waals surface area contributed by atoms with Crippen LogP contribution in [0.2, 0.25) is 0 Å². The highest BCUT2D eigenvalue weighted by Gasteiger charge is 2.41. The van der Waals surface area contributed by atoms with Gasteiger partial charge in [0, 0.05) is 24.7 Å². The van der Waals surface area contributed by atoms with Gasteiger partial charge in [0.25, 0.3) is 0 Å². The average Bonchev–Trinajstić information content (AvgIpc) is 2.73. The molecule has 2 aromatic rings. The number of para-hydroxylation sites is 1. The van der Waals surface area contributed by atoms with Crippen LogP contribution in [0.1, 0.15) is 44.2 Å². The summed E-state index contributed by atoms with van der Waals surface area (Å²) < 4.78 is 5.55. The number of unbranched alkanes of at least 4 members (excludes halogenated alkanes) is 1. The van der Waals surface area contributed by atoms with Crippen molar-refractivity contribution in [1.29, 1.82) is 0 Å². The monoisotopic (exact) mass is 381 g/mol. The highest BCUT2D eigenvalue weighted by atomic mass is 16.5. The number of benzene rings is 1. The Hall–Kier alpha value is -2.89. The molecular formula is C22H27N3O3. The van der Waals surface area contributed by atoms with E-state index < -0.39 is 0 Å². The predicted molar refractivity (Wildman–Crippen MR) is 108 cm³/mol. The summed E-state index contributed by atoms with van der Waals surface area (Å²) in [4.78, 5) is 31.9. The van der Waals surface area contributed by atoms with E-state index in [4.69, 9.17) is 4.74 Å². The molecule has 148 valence electrons. The molecule has 2 heterocycles. The van der Waals surface area contributed by atoms with Crippen molar-refractivity contribution >= 4 is 17.6 Å². The van der Waals surface area contributed by atoms with Gasteiger partial charge in [-0.05, 0) is 31.0 Å². The van der Waals surface area contributed by atoms with Crippen LogP contribution in [-0.4, -0.2) is 35.4 Å². The number of nitrogens with one attached hydrogen (secondary N) is 1. The van der Waals surface area contributed by atoms with Gasteiger partial charge in [-0.1, -0.05) is 37.6 Å². The molecule has 0 spiro atoms. The number of nitrogens with zero attached hydrogens (tertiary/aromatic N) is 2. The smallest absolute Gasteiger partial charge is 0.231 e. The van der Waals surface area contributed by atoms with Gasteiger partial charge in [-0.25, -0.2) is 4.98 Å². The topological polar surface area (TPSA) is 71.5 Å². The lowest BCUT2D eigenvalue weighted by molar-refractivity contribution is -0.142. The van der Waals surface area contributed by atoms with E-state index in [0.29, 0.717) is 31.0 Å². The fourth-order valence-electron chi connectivity index (χ4n) is 3.77. The second-order valence-electron chi connectivity index (χ2n) is 6.98. The third-order valence-corrected chi connectivity index (χ3v) is 5.17. The van der Waals surface area contributed by atoms with Gasteiger partial charge < -0.3 is 15.0 Å². The van der Waals surface area contributed by atoms with E-state index in [1.807, 2.05) is 35.2 Å². The quantitative estimate of drug-likeness (QED) is 0.792. The van der Waals surface area contributed by atoms with E-state index in [1.165, 1.54) is 0 Å². The fourth-order valence-corrected chi connectivity index (χ4v) is 3.77. The molecule has 6 nitrogen and oxygen atoms in total. The van der Waals surface area contributed by atoms with Crippen molar-refractivity contribution in [2.75, 3.05) is 19.0 Å². The molecule has 1 saturated heterocycles. The maximum Gasteiger partial charge on any atom is 0.231 e. The Morgan fingerprint density at radius 1 is 1.25 bits per heavy atom. The summed E-state index contributed by atoms with van der Waals surface area (Å²) in [6, 6.07) is 12.7. The number of amides is 2. The van der Waals surface area contributed by atoms with Crippen LogP contribution in [0.25, 0.3) is 0 Å². The molecule has 1 aliphatic heterocycles. The molecule has 6 heteroatoms. The molecule has 0 bridgehead atoms. The highest BCUT2D eigenvalue weighted by Crippen LogP contribution is 2.41. The van der Waals surface area contributed by atoms with Crippen LogP contribution in [0.5, 0.6) is 5.75 Å². The van der Waals surface area contributed by atoms with Crippen molar-refractivity contribution < 1.29 is 14.3 Å². The number of hydrogen-bond donors (Lipinski definition) is 1. The van der Waals surface area contributed by atoms with Crippen LogP contribution in [-0.2, 0) is 9.59 Å². The lowest BCUT2D eigenvalue weighted by atomic mass is 9.83. The summed E-state index contributed by atoms with van der Waals surface area (Å²) in [5.41, 5.74) is 0.871. The van der Waals surface area contributed by atoms with Crippen molar-refractivity contribution in [3.8, 4) is 5.75 Å². The Morgan fingerprint density at radius 2 is 2.04 bits per heavy atom. The minimum atomic E-state index is -0.368. The van der Waals surface area contributed by atoms with Crippen molar-refractivity contribution in [1.82, 2.24) is 9.88 Å². The van der Waals surface area contributed by atoms with Gasteiger partial charge in [0.2, 0.25) is 11.8 Å². The van der Waals surface area contributed by atoms with Crippen molar-refractivity contribution in [2.24, 2.45) is 5.92 Å². The number of aromatic nitrogens is 1. The SMILES string of the molecule is CCCCN1C(=O)CCC(C(=O)Nc2ccccn2)C1c1ccccc1OC. The first-order valence-corrected chi connectivity index (χ1v) is 9.80. The first kappa shape index (κ1) is 19.9. The maximum absolute atomic E-state index is 13.1.